The number of aromatic nitrogens is 2. The number of thiazole rings is 1. The van der Waals surface area contributed by atoms with Crippen LogP contribution in [-0.2, 0) is 9.59 Å². The monoisotopic (exact) mass is 449 g/mol. The number of aliphatic carboxylic acids is 1. The van der Waals surface area contributed by atoms with Gasteiger partial charge < -0.3 is 10.0 Å². The highest BCUT2D eigenvalue weighted by molar-refractivity contribution is 7.15. The van der Waals surface area contributed by atoms with Gasteiger partial charge in [-0.3, -0.25) is 14.6 Å². The SMILES string of the molecule is Cc1ccc(-c2nc(C)c(C(C)C(=O)N3CC[C@@H](C(=O)O)[C@H](c4ccccc4)C3)s2)cn1. The van der Waals surface area contributed by atoms with Crippen LogP contribution < -0.4 is 0 Å². The number of benzene rings is 1. The van der Waals surface area contributed by atoms with Crippen molar-refractivity contribution in [2.45, 2.75) is 39.0 Å². The molecule has 166 valence electrons. The van der Waals surface area contributed by atoms with E-state index >= 15 is 0 Å². The minimum absolute atomic E-state index is 0.0232. The van der Waals surface area contributed by atoms with E-state index in [0.29, 0.717) is 19.5 Å². The fourth-order valence-corrected chi connectivity index (χ4v) is 5.50. The molecule has 1 aromatic carbocycles. The molecule has 0 aliphatic carbocycles. The van der Waals surface area contributed by atoms with E-state index in [1.54, 1.807) is 0 Å². The van der Waals surface area contributed by atoms with Gasteiger partial charge in [-0.1, -0.05) is 30.3 Å². The van der Waals surface area contributed by atoms with Crippen LogP contribution in [0.2, 0.25) is 0 Å². The molecule has 1 saturated heterocycles. The third-order valence-electron chi connectivity index (χ3n) is 6.22. The van der Waals surface area contributed by atoms with Crippen molar-refractivity contribution in [3.05, 3.63) is 70.5 Å². The van der Waals surface area contributed by atoms with Crippen molar-refractivity contribution in [3.8, 4) is 10.6 Å². The quantitative estimate of drug-likeness (QED) is 0.613. The average molecular weight is 450 g/mol. The Morgan fingerprint density at radius 1 is 1.16 bits per heavy atom. The molecule has 1 N–H and O–H groups in total. The molecule has 0 saturated carbocycles. The van der Waals surface area contributed by atoms with Gasteiger partial charge in [0.05, 0.1) is 17.5 Å². The van der Waals surface area contributed by atoms with Crippen molar-refractivity contribution in [2.24, 2.45) is 5.92 Å². The summed E-state index contributed by atoms with van der Waals surface area (Å²) >= 11 is 1.53. The molecule has 32 heavy (non-hydrogen) atoms. The summed E-state index contributed by atoms with van der Waals surface area (Å²) in [7, 11) is 0. The first kappa shape index (κ1) is 22.1. The minimum atomic E-state index is -0.798. The van der Waals surface area contributed by atoms with E-state index in [9.17, 15) is 14.7 Å². The highest BCUT2D eigenvalue weighted by Gasteiger charge is 2.38. The number of pyridine rings is 1. The molecular formula is C25H27N3O3S. The van der Waals surface area contributed by atoms with Crippen LogP contribution in [0.15, 0.2) is 48.7 Å². The number of hydrogen-bond donors (Lipinski definition) is 1. The largest absolute Gasteiger partial charge is 0.481 e. The molecule has 7 heteroatoms. The molecule has 3 aromatic rings. The molecule has 6 nitrogen and oxygen atoms in total. The predicted molar refractivity (Wildman–Crippen MR) is 125 cm³/mol. The molecule has 0 radical (unpaired) electrons. The minimum Gasteiger partial charge on any atom is -0.481 e. The van der Waals surface area contributed by atoms with E-state index in [0.717, 1.165) is 32.4 Å². The van der Waals surface area contributed by atoms with Crippen LogP contribution in [0.25, 0.3) is 10.6 Å². The molecule has 0 spiro atoms. The Labute approximate surface area is 192 Å². The number of piperidine rings is 1. The number of nitrogens with zero attached hydrogens (tertiary/aromatic N) is 3. The smallest absolute Gasteiger partial charge is 0.307 e. The van der Waals surface area contributed by atoms with E-state index in [2.05, 4.69) is 9.97 Å². The highest BCUT2D eigenvalue weighted by atomic mass is 32.1. The normalized spacial score (nSPS) is 19.5. The molecule has 1 amide bonds. The second-order valence-corrected chi connectivity index (χ2v) is 9.44. The van der Waals surface area contributed by atoms with Crippen LogP contribution in [0.4, 0.5) is 0 Å². The van der Waals surface area contributed by atoms with Crippen LogP contribution in [0.5, 0.6) is 0 Å². The van der Waals surface area contributed by atoms with E-state index in [1.807, 2.05) is 74.3 Å². The summed E-state index contributed by atoms with van der Waals surface area (Å²) in [6.45, 7) is 6.66. The summed E-state index contributed by atoms with van der Waals surface area (Å²) in [5.41, 5.74) is 3.71. The molecule has 1 fully saturated rings. The summed E-state index contributed by atoms with van der Waals surface area (Å²) in [6, 6.07) is 13.6. The van der Waals surface area contributed by atoms with E-state index < -0.39 is 11.9 Å². The zero-order valence-corrected chi connectivity index (χ0v) is 19.3. The molecule has 0 bridgehead atoms. The Hall–Kier alpha value is -3.06. The number of rotatable bonds is 5. The standard InChI is InChI=1S/C25H27N3O3S/c1-15-9-10-19(13-26-15)23-27-17(3)22(32-23)16(2)24(29)28-12-11-20(25(30)31)21(14-28)18-7-5-4-6-8-18/h4-10,13,16,20-21H,11-12,14H2,1-3H3,(H,30,31)/t16?,20-,21+/m1/s1. The summed E-state index contributed by atoms with van der Waals surface area (Å²) < 4.78 is 0. The molecule has 3 heterocycles. The van der Waals surface area contributed by atoms with Gasteiger partial charge >= 0.3 is 5.97 Å². The summed E-state index contributed by atoms with van der Waals surface area (Å²) in [4.78, 5) is 37.1. The maximum absolute atomic E-state index is 13.4. The summed E-state index contributed by atoms with van der Waals surface area (Å²) in [6.07, 6.45) is 2.26. The maximum atomic E-state index is 13.4. The van der Waals surface area contributed by atoms with Crippen molar-refractivity contribution >= 4 is 23.2 Å². The number of carbonyl (C=O) groups is 2. The first-order valence-corrected chi connectivity index (χ1v) is 11.6. The van der Waals surface area contributed by atoms with Crippen LogP contribution in [0.1, 0.15) is 47.0 Å². The second kappa shape index (κ2) is 9.20. The number of carbonyl (C=O) groups excluding carboxylic acids is 1. The van der Waals surface area contributed by atoms with Crippen molar-refractivity contribution in [1.29, 1.82) is 0 Å². The Kier molecular flexibility index (Phi) is 6.37. The van der Waals surface area contributed by atoms with Crippen molar-refractivity contribution in [3.63, 3.8) is 0 Å². The molecule has 1 aliphatic rings. The Balaban J connectivity index is 1.55. The molecule has 1 unspecified atom stereocenters. The van der Waals surface area contributed by atoms with Gasteiger partial charge in [0.2, 0.25) is 5.91 Å². The average Bonchev–Trinajstić information content (AvgIpc) is 3.20. The first-order chi connectivity index (χ1) is 15.3. The van der Waals surface area contributed by atoms with Gasteiger partial charge in [-0.2, -0.15) is 0 Å². The number of hydrogen-bond acceptors (Lipinski definition) is 5. The number of likely N-dealkylation sites (tertiary alicyclic amines) is 1. The van der Waals surface area contributed by atoms with Gasteiger partial charge in [-0.25, -0.2) is 4.98 Å². The topological polar surface area (TPSA) is 83.4 Å². The molecule has 1 aliphatic heterocycles. The van der Waals surface area contributed by atoms with Gasteiger partial charge in [-0.05, 0) is 44.9 Å². The number of aryl methyl sites for hydroxylation is 2. The summed E-state index contributed by atoms with van der Waals surface area (Å²) in [5, 5.41) is 10.6. The lowest BCUT2D eigenvalue weighted by Gasteiger charge is -2.38. The van der Waals surface area contributed by atoms with E-state index in [1.165, 1.54) is 11.3 Å². The first-order valence-electron chi connectivity index (χ1n) is 10.8. The fraction of sp³-hybridized carbons (Fsp3) is 0.360. The highest BCUT2D eigenvalue weighted by Crippen LogP contribution is 2.37. The zero-order chi connectivity index (χ0) is 22.8. The van der Waals surface area contributed by atoms with Crippen molar-refractivity contribution in [1.82, 2.24) is 14.9 Å². The fourth-order valence-electron chi connectivity index (χ4n) is 4.40. The zero-order valence-electron chi connectivity index (χ0n) is 18.5. The van der Waals surface area contributed by atoms with Gasteiger partial charge in [-0.15, -0.1) is 11.3 Å². The lowest BCUT2D eigenvalue weighted by molar-refractivity contribution is -0.147. The van der Waals surface area contributed by atoms with Gasteiger partial charge in [0, 0.05) is 41.3 Å². The maximum Gasteiger partial charge on any atom is 0.307 e. The Morgan fingerprint density at radius 3 is 2.56 bits per heavy atom. The number of carboxylic acid groups (broad SMARTS) is 1. The third-order valence-corrected chi connectivity index (χ3v) is 7.61. The van der Waals surface area contributed by atoms with E-state index in [-0.39, 0.29) is 17.7 Å². The lowest BCUT2D eigenvalue weighted by atomic mass is 9.80. The molecule has 3 atom stereocenters. The van der Waals surface area contributed by atoms with Crippen LogP contribution in [-0.4, -0.2) is 44.9 Å². The van der Waals surface area contributed by atoms with Gasteiger partial charge in [0.1, 0.15) is 5.01 Å². The van der Waals surface area contributed by atoms with Gasteiger partial charge in [0.25, 0.3) is 0 Å². The predicted octanol–water partition coefficient (Wildman–Crippen LogP) is 4.64. The Bertz CT molecular complexity index is 1110. The van der Waals surface area contributed by atoms with Crippen LogP contribution in [0.3, 0.4) is 0 Å². The molecule has 4 rings (SSSR count). The third kappa shape index (κ3) is 4.43. The molecule has 2 aromatic heterocycles. The lowest BCUT2D eigenvalue weighted by Crippen LogP contribution is -2.46. The van der Waals surface area contributed by atoms with Crippen molar-refractivity contribution in [2.75, 3.05) is 13.1 Å². The second-order valence-electron chi connectivity index (χ2n) is 8.41. The number of carboxylic acids is 1. The summed E-state index contributed by atoms with van der Waals surface area (Å²) in [5.74, 6) is -1.81. The van der Waals surface area contributed by atoms with Gasteiger partial charge in [0.15, 0.2) is 0 Å². The molecular weight excluding hydrogens is 422 g/mol. The van der Waals surface area contributed by atoms with Crippen LogP contribution >= 0.6 is 11.3 Å². The Morgan fingerprint density at radius 2 is 1.91 bits per heavy atom. The van der Waals surface area contributed by atoms with E-state index in [4.69, 9.17) is 0 Å². The van der Waals surface area contributed by atoms with Crippen LogP contribution in [0, 0.1) is 19.8 Å². The number of amides is 1. The van der Waals surface area contributed by atoms with Crippen molar-refractivity contribution < 1.29 is 14.7 Å².